The number of ether oxygens (including phenoxy) is 1. The van der Waals surface area contributed by atoms with Gasteiger partial charge in [0.1, 0.15) is 18.1 Å². The molecule has 0 radical (unpaired) electrons. The van der Waals surface area contributed by atoms with E-state index in [2.05, 4.69) is 0 Å². The summed E-state index contributed by atoms with van der Waals surface area (Å²) in [7, 11) is 0. The Morgan fingerprint density at radius 1 is 1.20 bits per heavy atom. The van der Waals surface area contributed by atoms with Gasteiger partial charge < -0.3 is 9.84 Å². The van der Waals surface area contributed by atoms with E-state index < -0.39 is 29.3 Å². The Balaban J connectivity index is 2.32. The van der Waals surface area contributed by atoms with E-state index in [-0.39, 0.29) is 17.9 Å². The maximum absolute atomic E-state index is 13.4. The van der Waals surface area contributed by atoms with Gasteiger partial charge in [-0.05, 0) is 17.7 Å². The van der Waals surface area contributed by atoms with E-state index in [1.807, 2.05) is 0 Å². The molecule has 2 aromatic carbocycles. The van der Waals surface area contributed by atoms with Gasteiger partial charge in [-0.2, -0.15) is 0 Å². The SMILES string of the molecule is O=C(O)COc1cc(F)ccc1C(=O)N(Cc1ccccc1)[N+](=O)[O-]. The number of hydrogen-bond donors (Lipinski definition) is 1. The lowest BCUT2D eigenvalue weighted by Gasteiger charge is -2.15. The molecule has 0 bridgehead atoms. The molecule has 1 amide bonds. The molecule has 0 unspecified atom stereocenters. The number of nitrogens with zero attached hydrogens (tertiary/aromatic N) is 2. The number of amides is 1. The van der Waals surface area contributed by atoms with Gasteiger partial charge in [0.15, 0.2) is 11.6 Å². The van der Waals surface area contributed by atoms with Gasteiger partial charge >= 0.3 is 11.9 Å². The summed E-state index contributed by atoms with van der Waals surface area (Å²) in [4.78, 5) is 34.4. The number of rotatable bonds is 7. The summed E-state index contributed by atoms with van der Waals surface area (Å²) >= 11 is 0. The largest absolute Gasteiger partial charge is 0.481 e. The Hall–Kier alpha value is -3.49. The summed E-state index contributed by atoms with van der Waals surface area (Å²) in [5, 5.41) is 19.4. The molecule has 0 aromatic heterocycles. The van der Waals surface area contributed by atoms with Gasteiger partial charge in [-0.25, -0.2) is 19.3 Å². The third-order valence-electron chi connectivity index (χ3n) is 3.13. The van der Waals surface area contributed by atoms with Crippen molar-refractivity contribution in [3.8, 4) is 5.75 Å². The van der Waals surface area contributed by atoms with Gasteiger partial charge in [-0.15, -0.1) is 0 Å². The molecule has 0 saturated heterocycles. The Morgan fingerprint density at radius 3 is 2.48 bits per heavy atom. The van der Waals surface area contributed by atoms with Crippen molar-refractivity contribution in [2.75, 3.05) is 6.61 Å². The van der Waals surface area contributed by atoms with Crippen LogP contribution in [-0.4, -0.2) is 33.6 Å². The summed E-state index contributed by atoms with van der Waals surface area (Å²) in [5.41, 5.74) is 0.206. The minimum absolute atomic E-state index is 0.310. The number of hydrazine groups is 1. The van der Waals surface area contributed by atoms with Crippen LogP contribution in [-0.2, 0) is 11.3 Å². The third kappa shape index (κ3) is 4.74. The quantitative estimate of drug-likeness (QED) is 0.606. The molecule has 0 fully saturated rings. The van der Waals surface area contributed by atoms with Crippen molar-refractivity contribution < 1.29 is 28.9 Å². The van der Waals surface area contributed by atoms with Gasteiger partial charge in [-0.1, -0.05) is 35.3 Å². The zero-order valence-corrected chi connectivity index (χ0v) is 12.8. The molecule has 0 saturated carbocycles. The Labute approximate surface area is 141 Å². The molecule has 0 aliphatic rings. The van der Waals surface area contributed by atoms with Crippen LogP contribution in [0, 0.1) is 15.9 Å². The van der Waals surface area contributed by atoms with Crippen molar-refractivity contribution in [1.29, 1.82) is 0 Å². The monoisotopic (exact) mass is 348 g/mol. The number of carbonyl (C=O) groups excluding carboxylic acids is 1. The van der Waals surface area contributed by atoms with E-state index in [1.165, 1.54) is 0 Å². The predicted molar refractivity (Wildman–Crippen MR) is 82.8 cm³/mol. The molecule has 8 nitrogen and oxygen atoms in total. The van der Waals surface area contributed by atoms with Gasteiger partial charge in [-0.3, -0.25) is 4.79 Å². The Kier molecular flexibility index (Phi) is 5.62. The fourth-order valence-corrected chi connectivity index (χ4v) is 2.03. The van der Waals surface area contributed by atoms with E-state index >= 15 is 0 Å². The maximum atomic E-state index is 13.4. The Bertz CT molecular complexity index is 796. The number of aliphatic carboxylic acids is 1. The van der Waals surface area contributed by atoms with Crippen LogP contribution in [0.15, 0.2) is 48.5 Å². The second-order valence-electron chi connectivity index (χ2n) is 4.91. The molecular formula is C16H13FN2O6. The summed E-state index contributed by atoms with van der Waals surface area (Å²) < 4.78 is 18.2. The number of halogens is 1. The second kappa shape index (κ2) is 7.86. The van der Waals surface area contributed by atoms with Crippen molar-refractivity contribution in [1.82, 2.24) is 5.01 Å². The normalized spacial score (nSPS) is 10.1. The molecule has 130 valence electrons. The van der Waals surface area contributed by atoms with Gasteiger partial charge in [0, 0.05) is 6.07 Å². The van der Waals surface area contributed by atoms with Crippen LogP contribution in [0.3, 0.4) is 0 Å². The first-order chi connectivity index (χ1) is 11.9. The number of carboxylic acids is 1. The summed E-state index contributed by atoms with van der Waals surface area (Å²) in [6.45, 7) is -1.14. The molecule has 25 heavy (non-hydrogen) atoms. The van der Waals surface area contributed by atoms with Crippen molar-refractivity contribution in [3.63, 3.8) is 0 Å². The highest BCUT2D eigenvalue weighted by Crippen LogP contribution is 2.23. The van der Waals surface area contributed by atoms with Crippen molar-refractivity contribution in [3.05, 3.63) is 75.6 Å². The highest BCUT2D eigenvalue weighted by molar-refractivity contribution is 5.96. The number of benzene rings is 2. The summed E-state index contributed by atoms with van der Waals surface area (Å²) in [6, 6.07) is 11.0. The van der Waals surface area contributed by atoms with E-state index in [0.717, 1.165) is 18.2 Å². The highest BCUT2D eigenvalue weighted by atomic mass is 19.1. The molecule has 2 rings (SSSR count). The van der Waals surface area contributed by atoms with Gasteiger partial charge in [0.2, 0.25) is 0 Å². The minimum atomic E-state index is -1.34. The van der Waals surface area contributed by atoms with Crippen LogP contribution in [0.5, 0.6) is 5.75 Å². The zero-order chi connectivity index (χ0) is 18.4. The maximum Gasteiger partial charge on any atom is 0.341 e. The topological polar surface area (TPSA) is 110 Å². The highest BCUT2D eigenvalue weighted by Gasteiger charge is 2.29. The lowest BCUT2D eigenvalue weighted by molar-refractivity contribution is -0.635. The smallest absolute Gasteiger partial charge is 0.341 e. The summed E-state index contributed by atoms with van der Waals surface area (Å²) in [5.74, 6) is -3.53. The van der Waals surface area contributed by atoms with Gasteiger partial charge in [0.05, 0.1) is 5.56 Å². The van der Waals surface area contributed by atoms with E-state index in [1.54, 1.807) is 30.3 Å². The van der Waals surface area contributed by atoms with Crippen LogP contribution in [0.25, 0.3) is 0 Å². The number of hydrogen-bond acceptors (Lipinski definition) is 5. The average Bonchev–Trinajstić information content (AvgIpc) is 2.58. The minimum Gasteiger partial charge on any atom is -0.481 e. The molecule has 0 heterocycles. The molecule has 0 atom stereocenters. The van der Waals surface area contributed by atoms with Crippen molar-refractivity contribution >= 4 is 11.9 Å². The lowest BCUT2D eigenvalue weighted by Crippen LogP contribution is -2.36. The van der Waals surface area contributed by atoms with E-state index in [0.29, 0.717) is 10.6 Å². The molecular weight excluding hydrogens is 335 g/mol. The Morgan fingerprint density at radius 2 is 1.88 bits per heavy atom. The fourth-order valence-electron chi connectivity index (χ4n) is 2.03. The van der Waals surface area contributed by atoms with Crippen LogP contribution >= 0.6 is 0 Å². The number of carbonyl (C=O) groups is 2. The second-order valence-corrected chi connectivity index (χ2v) is 4.91. The molecule has 9 heteroatoms. The van der Waals surface area contributed by atoms with E-state index in [4.69, 9.17) is 9.84 Å². The van der Waals surface area contributed by atoms with Crippen LogP contribution < -0.4 is 4.74 Å². The number of carboxylic acid groups (broad SMARTS) is 1. The lowest BCUT2D eigenvalue weighted by atomic mass is 10.1. The standard InChI is InChI=1S/C16H13FN2O6/c17-12-6-7-13(14(8-12)25-10-15(20)21)16(22)18(19(23)24)9-11-4-2-1-3-5-11/h1-8H,9-10H2,(H,20,21). The van der Waals surface area contributed by atoms with Crippen molar-refractivity contribution in [2.24, 2.45) is 0 Å². The third-order valence-corrected chi connectivity index (χ3v) is 3.13. The van der Waals surface area contributed by atoms with Crippen LogP contribution in [0.4, 0.5) is 4.39 Å². The molecule has 0 aliphatic carbocycles. The van der Waals surface area contributed by atoms with E-state index in [9.17, 15) is 24.1 Å². The summed E-state index contributed by atoms with van der Waals surface area (Å²) in [6.07, 6.45) is 0. The van der Waals surface area contributed by atoms with Crippen LogP contribution in [0.2, 0.25) is 0 Å². The first kappa shape index (κ1) is 17.9. The predicted octanol–water partition coefficient (Wildman–Crippen LogP) is 2.12. The first-order valence-corrected chi connectivity index (χ1v) is 7.02. The average molecular weight is 348 g/mol. The van der Waals surface area contributed by atoms with Gasteiger partial charge in [0.25, 0.3) is 0 Å². The molecule has 1 N–H and O–H groups in total. The fraction of sp³-hybridized carbons (Fsp3) is 0.125. The van der Waals surface area contributed by atoms with Crippen LogP contribution in [0.1, 0.15) is 15.9 Å². The molecule has 2 aromatic rings. The first-order valence-electron chi connectivity index (χ1n) is 7.02. The zero-order valence-electron chi connectivity index (χ0n) is 12.8. The molecule has 0 aliphatic heterocycles. The number of nitro groups is 1. The molecule has 0 spiro atoms. The van der Waals surface area contributed by atoms with Crippen molar-refractivity contribution in [2.45, 2.75) is 6.54 Å².